The van der Waals surface area contributed by atoms with Gasteiger partial charge in [0.05, 0.1) is 7.11 Å². The van der Waals surface area contributed by atoms with Gasteiger partial charge in [0, 0.05) is 11.6 Å². The summed E-state index contributed by atoms with van der Waals surface area (Å²) in [7, 11) is 1.68. The number of methoxy groups -OCH3 is 1. The van der Waals surface area contributed by atoms with E-state index < -0.39 is 0 Å². The second kappa shape index (κ2) is 6.48. The van der Waals surface area contributed by atoms with Crippen LogP contribution in [-0.2, 0) is 11.2 Å². The molecule has 1 aromatic rings. The number of hydrogen-bond donors (Lipinski definition) is 2. The maximum absolute atomic E-state index is 12.4. The maximum Gasteiger partial charge on any atom is 0.227 e. The summed E-state index contributed by atoms with van der Waals surface area (Å²) in [5, 5.41) is 6.49. The van der Waals surface area contributed by atoms with Crippen molar-refractivity contribution in [2.45, 2.75) is 32.1 Å². The zero-order chi connectivity index (χ0) is 14.7. The third kappa shape index (κ3) is 3.38. The SMILES string of the molecule is COc1ccc2c(c1)CCC(CC1CCNCC1)C(=O)N2. The number of rotatable bonds is 3. The van der Waals surface area contributed by atoms with Crippen LogP contribution in [0.3, 0.4) is 0 Å². The summed E-state index contributed by atoms with van der Waals surface area (Å²) in [6, 6.07) is 5.91. The molecular formula is C17H24N2O2. The van der Waals surface area contributed by atoms with Gasteiger partial charge in [0.25, 0.3) is 0 Å². The van der Waals surface area contributed by atoms with Crippen molar-refractivity contribution in [1.29, 1.82) is 0 Å². The molecule has 0 aromatic heterocycles. The molecule has 0 radical (unpaired) electrons. The Morgan fingerprint density at radius 1 is 1.24 bits per heavy atom. The van der Waals surface area contributed by atoms with Crippen LogP contribution >= 0.6 is 0 Å². The monoisotopic (exact) mass is 288 g/mol. The molecule has 2 N–H and O–H groups in total. The first-order valence-corrected chi connectivity index (χ1v) is 7.95. The summed E-state index contributed by atoms with van der Waals surface area (Å²) >= 11 is 0. The minimum atomic E-state index is 0.145. The van der Waals surface area contributed by atoms with Crippen LogP contribution in [0, 0.1) is 11.8 Å². The highest BCUT2D eigenvalue weighted by atomic mass is 16.5. The Kier molecular flexibility index (Phi) is 4.44. The van der Waals surface area contributed by atoms with Crippen molar-refractivity contribution in [2.75, 3.05) is 25.5 Å². The molecule has 0 aliphatic carbocycles. The van der Waals surface area contributed by atoms with Crippen molar-refractivity contribution in [3.8, 4) is 5.75 Å². The Balaban J connectivity index is 1.68. The fraction of sp³-hybridized carbons (Fsp3) is 0.588. The minimum absolute atomic E-state index is 0.145. The molecule has 2 heterocycles. The molecular weight excluding hydrogens is 264 g/mol. The molecule has 4 nitrogen and oxygen atoms in total. The number of aryl methyl sites for hydroxylation is 1. The van der Waals surface area contributed by atoms with Gasteiger partial charge in [-0.05, 0) is 74.9 Å². The van der Waals surface area contributed by atoms with Crippen LogP contribution in [-0.4, -0.2) is 26.1 Å². The first kappa shape index (κ1) is 14.4. The number of carbonyl (C=O) groups excluding carboxylic acids is 1. The van der Waals surface area contributed by atoms with Crippen molar-refractivity contribution in [2.24, 2.45) is 11.8 Å². The smallest absolute Gasteiger partial charge is 0.227 e. The number of carbonyl (C=O) groups is 1. The summed E-state index contributed by atoms with van der Waals surface area (Å²) in [6.07, 6.45) is 5.31. The van der Waals surface area contributed by atoms with Crippen molar-refractivity contribution in [3.63, 3.8) is 0 Å². The van der Waals surface area contributed by atoms with E-state index >= 15 is 0 Å². The third-order valence-corrected chi connectivity index (χ3v) is 4.78. The quantitative estimate of drug-likeness (QED) is 0.899. The molecule has 4 heteroatoms. The summed E-state index contributed by atoms with van der Waals surface area (Å²) in [4.78, 5) is 12.4. The second-order valence-corrected chi connectivity index (χ2v) is 6.18. The molecule has 1 aromatic carbocycles. The lowest BCUT2D eigenvalue weighted by atomic mass is 9.85. The Bertz CT molecular complexity index is 510. The fourth-order valence-corrected chi connectivity index (χ4v) is 3.47. The predicted octanol–water partition coefficient (Wildman–Crippen LogP) is 2.59. The van der Waals surface area contributed by atoms with E-state index in [2.05, 4.69) is 10.6 Å². The molecule has 0 spiro atoms. The minimum Gasteiger partial charge on any atom is -0.497 e. The molecule has 2 aliphatic rings. The first-order valence-electron chi connectivity index (χ1n) is 7.95. The van der Waals surface area contributed by atoms with Gasteiger partial charge in [-0.25, -0.2) is 0 Å². The third-order valence-electron chi connectivity index (χ3n) is 4.78. The van der Waals surface area contributed by atoms with E-state index in [1.54, 1.807) is 7.11 Å². The molecule has 1 unspecified atom stereocenters. The molecule has 0 bridgehead atoms. The number of piperidine rings is 1. The number of hydrogen-bond acceptors (Lipinski definition) is 3. The lowest BCUT2D eigenvalue weighted by Gasteiger charge is -2.25. The Morgan fingerprint density at radius 2 is 2.05 bits per heavy atom. The maximum atomic E-state index is 12.4. The Morgan fingerprint density at radius 3 is 2.81 bits per heavy atom. The largest absolute Gasteiger partial charge is 0.497 e. The molecule has 1 saturated heterocycles. The van der Waals surface area contributed by atoms with Gasteiger partial charge in [0.15, 0.2) is 0 Å². The number of anilines is 1. The van der Waals surface area contributed by atoms with E-state index in [0.29, 0.717) is 5.92 Å². The van der Waals surface area contributed by atoms with Gasteiger partial charge >= 0.3 is 0 Å². The zero-order valence-electron chi connectivity index (χ0n) is 12.7. The van der Waals surface area contributed by atoms with Crippen molar-refractivity contribution in [1.82, 2.24) is 5.32 Å². The summed E-state index contributed by atoms with van der Waals surface area (Å²) in [5.41, 5.74) is 2.14. The summed E-state index contributed by atoms with van der Waals surface area (Å²) < 4.78 is 5.28. The lowest BCUT2D eigenvalue weighted by Crippen LogP contribution is -2.31. The molecule has 114 valence electrons. The number of fused-ring (bicyclic) bond motifs is 1. The van der Waals surface area contributed by atoms with Crippen LogP contribution in [0.5, 0.6) is 5.75 Å². The average molecular weight is 288 g/mol. The molecule has 21 heavy (non-hydrogen) atoms. The summed E-state index contributed by atoms with van der Waals surface area (Å²) in [5.74, 6) is 1.89. The second-order valence-electron chi connectivity index (χ2n) is 6.18. The van der Waals surface area contributed by atoms with Gasteiger partial charge in [-0.2, -0.15) is 0 Å². The number of benzene rings is 1. The number of amides is 1. The van der Waals surface area contributed by atoms with E-state index in [9.17, 15) is 4.79 Å². The van der Waals surface area contributed by atoms with Crippen LogP contribution in [0.25, 0.3) is 0 Å². The highest BCUT2D eigenvalue weighted by Crippen LogP contribution is 2.31. The number of nitrogens with one attached hydrogen (secondary N) is 2. The predicted molar refractivity (Wildman–Crippen MR) is 83.6 cm³/mol. The molecule has 3 rings (SSSR count). The van der Waals surface area contributed by atoms with Gasteiger partial charge in [-0.15, -0.1) is 0 Å². The molecule has 1 fully saturated rings. The van der Waals surface area contributed by atoms with Gasteiger partial charge < -0.3 is 15.4 Å². The zero-order valence-corrected chi connectivity index (χ0v) is 12.7. The Labute approximate surface area is 126 Å². The van der Waals surface area contributed by atoms with Crippen molar-refractivity contribution < 1.29 is 9.53 Å². The van der Waals surface area contributed by atoms with Gasteiger partial charge in [0.2, 0.25) is 5.91 Å². The topological polar surface area (TPSA) is 50.4 Å². The van der Waals surface area contributed by atoms with Crippen molar-refractivity contribution in [3.05, 3.63) is 23.8 Å². The fourth-order valence-electron chi connectivity index (χ4n) is 3.47. The van der Waals surface area contributed by atoms with E-state index in [1.165, 1.54) is 18.4 Å². The van der Waals surface area contributed by atoms with E-state index in [1.807, 2.05) is 18.2 Å². The Hall–Kier alpha value is -1.55. The highest BCUT2D eigenvalue weighted by molar-refractivity contribution is 5.94. The van der Waals surface area contributed by atoms with Gasteiger partial charge in [-0.1, -0.05) is 0 Å². The van der Waals surface area contributed by atoms with E-state index in [-0.39, 0.29) is 11.8 Å². The van der Waals surface area contributed by atoms with Crippen LogP contribution in [0.4, 0.5) is 5.69 Å². The normalized spacial score (nSPS) is 23.1. The summed E-state index contributed by atoms with van der Waals surface area (Å²) in [6.45, 7) is 2.19. The first-order chi connectivity index (χ1) is 10.3. The molecule has 0 saturated carbocycles. The number of ether oxygens (including phenoxy) is 1. The van der Waals surface area contributed by atoms with Gasteiger partial charge in [-0.3, -0.25) is 4.79 Å². The lowest BCUT2D eigenvalue weighted by molar-refractivity contribution is -0.120. The molecule has 1 amide bonds. The average Bonchev–Trinajstić information content (AvgIpc) is 2.67. The van der Waals surface area contributed by atoms with Crippen molar-refractivity contribution >= 4 is 11.6 Å². The van der Waals surface area contributed by atoms with Crippen LogP contribution in [0.15, 0.2) is 18.2 Å². The van der Waals surface area contributed by atoms with Crippen LogP contribution in [0.1, 0.15) is 31.2 Å². The molecule has 1 atom stereocenters. The van der Waals surface area contributed by atoms with Crippen LogP contribution < -0.4 is 15.4 Å². The van der Waals surface area contributed by atoms with E-state index in [0.717, 1.165) is 43.8 Å². The standard InChI is InChI=1S/C17H24N2O2/c1-21-15-4-5-16-13(11-15)2-3-14(17(20)19-16)10-12-6-8-18-9-7-12/h4-5,11-12,14,18H,2-3,6-10H2,1H3,(H,19,20). The highest BCUT2D eigenvalue weighted by Gasteiger charge is 2.27. The van der Waals surface area contributed by atoms with Gasteiger partial charge in [0.1, 0.15) is 5.75 Å². The van der Waals surface area contributed by atoms with E-state index in [4.69, 9.17) is 4.74 Å². The van der Waals surface area contributed by atoms with Crippen LogP contribution in [0.2, 0.25) is 0 Å². The molecule has 2 aliphatic heterocycles.